The molecule has 3 aromatic heterocycles. The van der Waals surface area contributed by atoms with E-state index < -0.39 is 17.8 Å². The lowest BCUT2D eigenvalue weighted by atomic mass is 10.0. The molecule has 0 atom stereocenters. The number of halogens is 4. The summed E-state index contributed by atoms with van der Waals surface area (Å²) in [6, 6.07) is 9.41. The molecule has 4 rings (SSSR count). The standard InChI is InChI=1S/C24H24ClF3N6O/c1-5-33-12-17(25)20(30-33)13-32(4)23(35)19-11-22-29-18(10-21(24(26,27)28)34(22)31-19)16-8-6-15(7-9-16)14(2)3/h6-12,14H,5,13H2,1-4H3. The van der Waals surface area contributed by atoms with Gasteiger partial charge in [-0.1, -0.05) is 49.7 Å². The fraction of sp³-hybridized carbons (Fsp3) is 0.333. The van der Waals surface area contributed by atoms with E-state index in [9.17, 15) is 18.0 Å². The second-order valence-electron chi connectivity index (χ2n) is 8.54. The van der Waals surface area contributed by atoms with Crippen LogP contribution in [0.4, 0.5) is 13.2 Å². The molecule has 0 saturated carbocycles. The zero-order valence-corrected chi connectivity index (χ0v) is 20.4. The number of rotatable bonds is 6. The highest BCUT2D eigenvalue weighted by molar-refractivity contribution is 6.31. The Morgan fingerprint density at radius 3 is 2.40 bits per heavy atom. The molecule has 0 aliphatic rings. The molecule has 7 nitrogen and oxygen atoms in total. The van der Waals surface area contributed by atoms with Crippen molar-refractivity contribution in [3.05, 3.63) is 70.3 Å². The van der Waals surface area contributed by atoms with Crippen molar-refractivity contribution >= 4 is 23.2 Å². The van der Waals surface area contributed by atoms with E-state index in [0.717, 1.165) is 11.6 Å². The first-order valence-electron chi connectivity index (χ1n) is 11.0. The predicted molar refractivity (Wildman–Crippen MR) is 126 cm³/mol. The number of carbonyl (C=O) groups is 1. The van der Waals surface area contributed by atoms with Crippen LogP contribution in [0.1, 0.15) is 54.1 Å². The summed E-state index contributed by atoms with van der Waals surface area (Å²) in [5.74, 6) is -0.287. The Balaban J connectivity index is 1.71. The molecule has 0 radical (unpaired) electrons. The van der Waals surface area contributed by atoms with Crippen molar-refractivity contribution in [2.45, 2.75) is 46.0 Å². The molecule has 3 heterocycles. The van der Waals surface area contributed by atoms with Gasteiger partial charge in [-0.2, -0.15) is 23.4 Å². The summed E-state index contributed by atoms with van der Waals surface area (Å²) in [6.45, 7) is 6.65. The molecule has 1 amide bonds. The van der Waals surface area contributed by atoms with Crippen LogP contribution < -0.4 is 0 Å². The number of benzene rings is 1. The van der Waals surface area contributed by atoms with Crippen LogP contribution in [0.25, 0.3) is 16.9 Å². The van der Waals surface area contributed by atoms with Gasteiger partial charge in [0.25, 0.3) is 5.91 Å². The molecule has 0 aliphatic carbocycles. The number of fused-ring (bicyclic) bond motifs is 1. The molecule has 35 heavy (non-hydrogen) atoms. The molecule has 184 valence electrons. The third kappa shape index (κ3) is 5.02. The Morgan fingerprint density at radius 2 is 1.83 bits per heavy atom. The van der Waals surface area contributed by atoms with Crippen molar-refractivity contribution in [3.63, 3.8) is 0 Å². The summed E-state index contributed by atoms with van der Waals surface area (Å²) >= 11 is 6.18. The lowest BCUT2D eigenvalue weighted by molar-refractivity contribution is -0.142. The highest BCUT2D eigenvalue weighted by Gasteiger charge is 2.36. The Bertz CT molecular complexity index is 1370. The van der Waals surface area contributed by atoms with Crippen molar-refractivity contribution < 1.29 is 18.0 Å². The minimum Gasteiger partial charge on any atom is -0.334 e. The Kier molecular flexibility index (Phi) is 6.59. The second-order valence-corrected chi connectivity index (χ2v) is 8.95. The summed E-state index contributed by atoms with van der Waals surface area (Å²) < 4.78 is 44.0. The molecule has 1 aromatic carbocycles. The fourth-order valence-electron chi connectivity index (χ4n) is 3.67. The molecule has 0 aliphatic heterocycles. The monoisotopic (exact) mass is 504 g/mol. The average Bonchev–Trinajstić information content (AvgIpc) is 3.40. The van der Waals surface area contributed by atoms with Gasteiger partial charge in [0.1, 0.15) is 5.69 Å². The van der Waals surface area contributed by atoms with Gasteiger partial charge in [-0.25, -0.2) is 9.50 Å². The van der Waals surface area contributed by atoms with Crippen LogP contribution in [0.2, 0.25) is 5.02 Å². The van der Waals surface area contributed by atoms with Crippen molar-refractivity contribution in [2.75, 3.05) is 7.05 Å². The van der Waals surface area contributed by atoms with E-state index in [1.165, 1.54) is 18.0 Å². The zero-order chi connectivity index (χ0) is 25.5. The smallest absolute Gasteiger partial charge is 0.334 e. The van der Waals surface area contributed by atoms with Gasteiger partial charge in [0.05, 0.1) is 17.3 Å². The largest absolute Gasteiger partial charge is 0.433 e. The predicted octanol–water partition coefficient (Wildman–Crippen LogP) is 5.68. The second kappa shape index (κ2) is 9.33. The van der Waals surface area contributed by atoms with Gasteiger partial charge >= 0.3 is 6.18 Å². The molecule has 0 N–H and O–H groups in total. The summed E-state index contributed by atoms with van der Waals surface area (Å²) in [5, 5.41) is 8.64. The van der Waals surface area contributed by atoms with E-state index in [2.05, 4.69) is 15.2 Å². The van der Waals surface area contributed by atoms with E-state index in [0.29, 0.717) is 27.3 Å². The van der Waals surface area contributed by atoms with E-state index in [-0.39, 0.29) is 29.5 Å². The van der Waals surface area contributed by atoms with E-state index >= 15 is 0 Å². The van der Waals surface area contributed by atoms with Crippen LogP contribution >= 0.6 is 11.6 Å². The van der Waals surface area contributed by atoms with Crippen LogP contribution in [-0.4, -0.2) is 42.2 Å². The molecule has 0 saturated heterocycles. The van der Waals surface area contributed by atoms with Gasteiger partial charge < -0.3 is 4.90 Å². The minimum absolute atomic E-state index is 0.0749. The van der Waals surface area contributed by atoms with Gasteiger partial charge in [-0.05, 0) is 24.5 Å². The topological polar surface area (TPSA) is 68.3 Å². The summed E-state index contributed by atoms with van der Waals surface area (Å²) in [7, 11) is 1.51. The maximum absolute atomic E-state index is 13.9. The van der Waals surface area contributed by atoms with Crippen molar-refractivity contribution in [2.24, 2.45) is 0 Å². The fourth-order valence-corrected chi connectivity index (χ4v) is 3.88. The van der Waals surface area contributed by atoms with Crippen LogP contribution in [0.5, 0.6) is 0 Å². The van der Waals surface area contributed by atoms with Crippen molar-refractivity contribution in [3.8, 4) is 11.3 Å². The molecular formula is C24H24ClF3N6O. The third-order valence-corrected chi connectivity index (χ3v) is 5.97. The zero-order valence-electron chi connectivity index (χ0n) is 19.6. The van der Waals surface area contributed by atoms with Gasteiger partial charge in [0, 0.05) is 31.4 Å². The SMILES string of the molecule is CCn1cc(Cl)c(CN(C)C(=O)c2cc3nc(-c4ccc(C(C)C)cc4)cc(C(F)(F)F)n3n2)n1. The number of carbonyl (C=O) groups excluding carboxylic acids is 1. The molecule has 0 spiro atoms. The first-order valence-corrected chi connectivity index (χ1v) is 11.4. The Morgan fingerprint density at radius 1 is 1.14 bits per heavy atom. The molecule has 0 bridgehead atoms. The Hall–Kier alpha value is -3.40. The number of aryl methyl sites for hydroxylation is 1. The summed E-state index contributed by atoms with van der Waals surface area (Å²) in [4.78, 5) is 18.6. The van der Waals surface area contributed by atoms with Crippen LogP contribution in [0, 0.1) is 0 Å². The molecule has 0 unspecified atom stereocenters. The maximum Gasteiger partial charge on any atom is 0.433 e. The van der Waals surface area contributed by atoms with E-state index in [4.69, 9.17) is 11.6 Å². The normalized spacial score (nSPS) is 12.0. The Labute approximate surface area is 205 Å². The number of hydrogen-bond donors (Lipinski definition) is 0. The number of hydrogen-bond acceptors (Lipinski definition) is 4. The molecule has 0 fully saturated rings. The number of alkyl halides is 3. The van der Waals surface area contributed by atoms with Gasteiger partial charge in [0.2, 0.25) is 0 Å². The lowest BCUT2D eigenvalue weighted by Gasteiger charge is -2.14. The van der Waals surface area contributed by atoms with Crippen molar-refractivity contribution in [1.82, 2.24) is 29.3 Å². The molecule has 4 aromatic rings. The average molecular weight is 505 g/mol. The molecule has 11 heteroatoms. The lowest BCUT2D eigenvalue weighted by Crippen LogP contribution is -2.27. The first kappa shape index (κ1) is 24.7. The van der Waals surface area contributed by atoms with Crippen LogP contribution in [-0.2, 0) is 19.3 Å². The van der Waals surface area contributed by atoms with E-state index in [1.807, 2.05) is 32.9 Å². The third-order valence-electron chi connectivity index (χ3n) is 5.65. The van der Waals surface area contributed by atoms with Gasteiger partial charge in [-0.15, -0.1) is 0 Å². The first-order chi connectivity index (χ1) is 16.5. The highest BCUT2D eigenvalue weighted by Crippen LogP contribution is 2.33. The number of amides is 1. The minimum atomic E-state index is -4.70. The molecular weight excluding hydrogens is 481 g/mol. The van der Waals surface area contributed by atoms with E-state index in [1.54, 1.807) is 23.0 Å². The quantitative estimate of drug-likeness (QED) is 0.339. The summed E-state index contributed by atoms with van der Waals surface area (Å²) in [5.41, 5.74) is 0.969. The summed E-state index contributed by atoms with van der Waals surface area (Å²) in [6.07, 6.45) is -3.05. The maximum atomic E-state index is 13.9. The van der Waals surface area contributed by atoms with Gasteiger partial charge in [0.15, 0.2) is 17.0 Å². The van der Waals surface area contributed by atoms with Crippen LogP contribution in [0.15, 0.2) is 42.6 Å². The number of nitrogens with zero attached hydrogens (tertiary/aromatic N) is 6. The number of aromatic nitrogens is 5. The van der Waals surface area contributed by atoms with Crippen molar-refractivity contribution in [1.29, 1.82) is 0 Å². The van der Waals surface area contributed by atoms with Crippen LogP contribution in [0.3, 0.4) is 0 Å². The highest BCUT2D eigenvalue weighted by atomic mass is 35.5. The van der Waals surface area contributed by atoms with Gasteiger partial charge in [-0.3, -0.25) is 9.48 Å².